The van der Waals surface area contributed by atoms with E-state index in [9.17, 15) is 4.79 Å². The predicted molar refractivity (Wildman–Crippen MR) is 49.6 cm³/mol. The zero-order chi connectivity index (χ0) is 9.84. The fraction of sp³-hybridized carbons (Fsp3) is 0.700. The third-order valence-electron chi connectivity index (χ3n) is 2.19. The number of halogens is 1. The van der Waals surface area contributed by atoms with Crippen molar-refractivity contribution >= 4 is 5.91 Å². The van der Waals surface area contributed by atoms with E-state index in [4.69, 9.17) is 0 Å². The Hall–Kier alpha value is -0.0600. The van der Waals surface area contributed by atoms with Gasteiger partial charge in [0, 0.05) is 0 Å². The Kier molecular flexibility index (Phi) is 4.22. The first-order chi connectivity index (χ1) is 6.15. The number of nitrogens with zero attached hydrogens (tertiary/aromatic N) is 1. The molecule has 0 N–H and O–H groups in total. The number of amides is 1. The normalized spacial score (nSPS) is 23.7. The summed E-state index contributed by atoms with van der Waals surface area (Å²) in [6, 6.07) is 0.505. The van der Waals surface area contributed by atoms with Gasteiger partial charge in [-0.05, 0) is 0 Å². The van der Waals surface area contributed by atoms with E-state index in [0.29, 0.717) is 11.9 Å². The molecule has 0 aromatic carbocycles. The van der Waals surface area contributed by atoms with Gasteiger partial charge in [-0.2, -0.15) is 0 Å². The third kappa shape index (κ3) is 2.97. The van der Waals surface area contributed by atoms with E-state index in [1.165, 1.54) is 10.0 Å². The second-order valence-corrected chi connectivity index (χ2v) is 6.78. The molecule has 1 fully saturated rings. The maximum atomic E-state index is 11.6. The van der Waals surface area contributed by atoms with Gasteiger partial charge in [0.05, 0.1) is 0 Å². The van der Waals surface area contributed by atoms with E-state index in [2.05, 4.69) is 16.6 Å². The molecule has 0 radical (unpaired) electrons. The molecule has 1 aliphatic heterocycles. The first-order valence-electron chi connectivity index (χ1n) is 4.77. The molecule has 0 spiro atoms. The standard InChI is InChI=1S/C10H17INO/c1-4-9-6-5-7-10(13)12(9)11-8(2)3/h9H,2,4-7H2,1,3H3/q-1. The summed E-state index contributed by atoms with van der Waals surface area (Å²) in [6.07, 6.45) is 4.12. The van der Waals surface area contributed by atoms with Crippen molar-refractivity contribution in [1.82, 2.24) is 3.11 Å². The molecule has 0 bridgehead atoms. The summed E-state index contributed by atoms with van der Waals surface area (Å²) in [7, 11) is 0. The van der Waals surface area contributed by atoms with Gasteiger partial charge >= 0.3 is 91.0 Å². The Labute approximate surface area is 91.0 Å². The van der Waals surface area contributed by atoms with Crippen LogP contribution in [0.2, 0.25) is 0 Å². The Bertz CT molecular complexity index is 215. The predicted octanol–water partition coefficient (Wildman–Crippen LogP) is -0.685. The topological polar surface area (TPSA) is 20.3 Å². The molecule has 1 heterocycles. The number of carbonyl (C=O) groups is 1. The van der Waals surface area contributed by atoms with Crippen molar-refractivity contribution in [2.45, 2.75) is 45.6 Å². The minimum absolute atomic E-state index is 0.253. The van der Waals surface area contributed by atoms with Crippen LogP contribution in [0.15, 0.2) is 10.2 Å². The van der Waals surface area contributed by atoms with E-state index in [1.807, 2.05) is 6.92 Å². The van der Waals surface area contributed by atoms with Crippen LogP contribution >= 0.6 is 0 Å². The Morgan fingerprint density at radius 1 is 1.77 bits per heavy atom. The minimum atomic E-state index is -0.253. The van der Waals surface area contributed by atoms with Gasteiger partial charge in [0.25, 0.3) is 0 Å². The van der Waals surface area contributed by atoms with Gasteiger partial charge in [0.15, 0.2) is 0 Å². The SMILES string of the molecule is C=C(C)[I-]N1C(=O)CCCC1CC. The van der Waals surface area contributed by atoms with E-state index in [-0.39, 0.29) is 21.5 Å². The average molecular weight is 294 g/mol. The zero-order valence-electron chi connectivity index (χ0n) is 8.35. The van der Waals surface area contributed by atoms with Crippen molar-refractivity contribution in [3.8, 4) is 0 Å². The van der Waals surface area contributed by atoms with Crippen LogP contribution in [-0.2, 0) is 4.79 Å². The maximum absolute atomic E-state index is 11.6. The molecule has 13 heavy (non-hydrogen) atoms. The van der Waals surface area contributed by atoms with E-state index in [1.54, 1.807) is 0 Å². The second-order valence-electron chi connectivity index (χ2n) is 3.42. The van der Waals surface area contributed by atoms with Crippen LogP contribution < -0.4 is 21.5 Å². The summed E-state index contributed by atoms with van der Waals surface area (Å²) < 4.78 is 3.29. The van der Waals surface area contributed by atoms with Gasteiger partial charge in [-0.15, -0.1) is 0 Å². The van der Waals surface area contributed by atoms with Crippen LogP contribution in [0.5, 0.6) is 0 Å². The van der Waals surface area contributed by atoms with Gasteiger partial charge in [0.1, 0.15) is 0 Å². The molecule has 1 saturated heterocycles. The molecule has 0 aromatic rings. The van der Waals surface area contributed by atoms with Crippen molar-refractivity contribution < 1.29 is 26.3 Å². The van der Waals surface area contributed by atoms with Crippen LogP contribution in [0, 0.1) is 0 Å². The van der Waals surface area contributed by atoms with E-state index < -0.39 is 0 Å². The van der Waals surface area contributed by atoms with Gasteiger partial charge in [-0.3, -0.25) is 0 Å². The van der Waals surface area contributed by atoms with E-state index in [0.717, 1.165) is 19.3 Å². The summed E-state index contributed by atoms with van der Waals surface area (Å²) in [6.45, 7) is 8.10. The van der Waals surface area contributed by atoms with Crippen LogP contribution in [-0.4, -0.2) is 15.1 Å². The Balaban J connectivity index is 2.62. The van der Waals surface area contributed by atoms with Crippen LogP contribution in [0.4, 0.5) is 0 Å². The van der Waals surface area contributed by atoms with Crippen molar-refractivity contribution in [2.75, 3.05) is 0 Å². The van der Waals surface area contributed by atoms with Crippen molar-refractivity contribution in [2.24, 2.45) is 0 Å². The third-order valence-corrected chi connectivity index (χ3v) is 4.86. The molecule has 0 saturated carbocycles. The van der Waals surface area contributed by atoms with Crippen LogP contribution in [0.25, 0.3) is 0 Å². The number of rotatable bonds is 3. The zero-order valence-corrected chi connectivity index (χ0v) is 10.5. The quantitative estimate of drug-likeness (QED) is 0.499. The molecule has 1 unspecified atom stereocenters. The summed E-state index contributed by atoms with van der Waals surface area (Å²) >= 11 is -0.253. The van der Waals surface area contributed by atoms with Crippen molar-refractivity contribution in [1.29, 1.82) is 0 Å². The Morgan fingerprint density at radius 2 is 2.46 bits per heavy atom. The molecule has 1 atom stereocenters. The van der Waals surface area contributed by atoms with Gasteiger partial charge < -0.3 is 0 Å². The van der Waals surface area contributed by atoms with Crippen molar-refractivity contribution in [3.63, 3.8) is 0 Å². The molecular weight excluding hydrogens is 277 g/mol. The number of hydrogen-bond acceptors (Lipinski definition) is 1. The molecular formula is C10H17INO-. The summed E-state index contributed by atoms with van der Waals surface area (Å²) in [5.41, 5.74) is 0. The molecule has 76 valence electrons. The summed E-state index contributed by atoms with van der Waals surface area (Å²) in [4.78, 5) is 11.6. The molecule has 0 aromatic heterocycles. The molecule has 1 rings (SSSR count). The fourth-order valence-electron chi connectivity index (χ4n) is 1.55. The van der Waals surface area contributed by atoms with Crippen LogP contribution in [0.1, 0.15) is 39.5 Å². The van der Waals surface area contributed by atoms with Gasteiger partial charge in [0.2, 0.25) is 0 Å². The monoisotopic (exact) mass is 294 g/mol. The number of carbonyl (C=O) groups excluding carboxylic acids is 1. The molecule has 3 heteroatoms. The fourth-order valence-corrected chi connectivity index (χ4v) is 4.01. The van der Waals surface area contributed by atoms with Gasteiger partial charge in [-0.1, -0.05) is 0 Å². The number of allylic oxidation sites excluding steroid dienone is 1. The first kappa shape index (κ1) is 11.0. The average Bonchev–Trinajstić information content (AvgIpc) is 2.08. The second kappa shape index (κ2) is 4.98. The molecule has 0 aliphatic carbocycles. The molecule has 1 aliphatic rings. The molecule has 1 amide bonds. The summed E-state index contributed by atoms with van der Waals surface area (Å²) in [5, 5.41) is 0. The van der Waals surface area contributed by atoms with Crippen LogP contribution in [0.3, 0.4) is 0 Å². The van der Waals surface area contributed by atoms with Gasteiger partial charge in [-0.25, -0.2) is 0 Å². The first-order valence-corrected chi connectivity index (χ1v) is 6.82. The molecule has 2 nitrogen and oxygen atoms in total. The number of hydrogen-bond donors (Lipinski definition) is 0. The number of piperidine rings is 1. The Morgan fingerprint density at radius 3 is 3.00 bits per heavy atom. The van der Waals surface area contributed by atoms with Crippen molar-refractivity contribution in [3.05, 3.63) is 10.2 Å². The summed E-state index contributed by atoms with van der Waals surface area (Å²) in [5.74, 6) is 0.355. The van der Waals surface area contributed by atoms with E-state index >= 15 is 0 Å².